The van der Waals surface area contributed by atoms with E-state index in [9.17, 15) is 13.6 Å². The zero-order valence-electron chi connectivity index (χ0n) is 20.8. The molecule has 4 rings (SSSR count). The van der Waals surface area contributed by atoms with E-state index in [0.29, 0.717) is 48.9 Å². The average Bonchev–Trinajstić information content (AvgIpc) is 2.88. The molecule has 2 N–H and O–H groups in total. The van der Waals surface area contributed by atoms with Crippen molar-refractivity contribution in [2.24, 2.45) is 0 Å². The number of carbonyl (C=O) groups excluding carboxylic acids is 1. The van der Waals surface area contributed by atoms with Gasteiger partial charge in [0.15, 0.2) is 0 Å². The van der Waals surface area contributed by atoms with Crippen LogP contribution in [0.3, 0.4) is 0 Å². The van der Waals surface area contributed by atoms with Crippen molar-refractivity contribution in [2.75, 3.05) is 36.4 Å². The molecule has 0 radical (unpaired) electrons. The molecule has 0 aliphatic carbocycles. The number of hydrogen-bond donors (Lipinski definition) is 2. The standard InChI is InChI=1S/C25H28F2N8O2/c1-25(2,3)37-24(36)35-9-7-34(8-10-35)22-6-4-5-21(33-22)32-17-11-18(30-13-16(17)12-28)19-14-29-15-20(31-19)23(26)27/h4-6,11-15,23,28H,7-10H2,1-3H3,(H,30,32,33). The summed E-state index contributed by atoms with van der Waals surface area (Å²) in [5.41, 5.74) is 0.546. The zero-order valence-corrected chi connectivity index (χ0v) is 20.8. The van der Waals surface area contributed by atoms with Crippen LogP contribution in [0.15, 0.2) is 42.9 Å². The van der Waals surface area contributed by atoms with E-state index in [1.807, 2.05) is 32.9 Å². The van der Waals surface area contributed by atoms with E-state index < -0.39 is 17.7 Å². The third-order valence-electron chi connectivity index (χ3n) is 5.48. The Hall–Kier alpha value is -4.22. The van der Waals surface area contributed by atoms with Crippen molar-refractivity contribution in [2.45, 2.75) is 32.8 Å². The van der Waals surface area contributed by atoms with Gasteiger partial charge in [-0.05, 0) is 39.0 Å². The number of anilines is 3. The van der Waals surface area contributed by atoms with Gasteiger partial charge in [-0.15, -0.1) is 0 Å². The summed E-state index contributed by atoms with van der Waals surface area (Å²) in [5, 5.41) is 10.9. The fourth-order valence-corrected chi connectivity index (χ4v) is 3.69. The number of nitrogens with one attached hydrogen (secondary N) is 2. The van der Waals surface area contributed by atoms with Crippen molar-refractivity contribution < 1.29 is 18.3 Å². The highest BCUT2D eigenvalue weighted by molar-refractivity contribution is 5.88. The number of amides is 1. The molecule has 1 aliphatic heterocycles. The number of alkyl halides is 2. The Bertz CT molecular complexity index is 1270. The molecule has 1 saturated heterocycles. The first-order chi connectivity index (χ1) is 17.6. The summed E-state index contributed by atoms with van der Waals surface area (Å²) >= 11 is 0. The zero-order chi connectivity index (χ0) is 26.6. The maximum atomic E-state index is 13.1. The van der Waals surface area contributed by atoms with Gasteiger partial charge in [0.1, 0.15) is 28.6 Å². The Morgan fingerprint density at radius 1 is 1.11 bits per heavy atom. The fourth-order valence-electron chi connectivity index (χ4n) is 3.69. The maximum Gasteiger partial charge on any atom is 0.410 e. The van der Waals surface area contributed by atoms with Crippen LogP contribution in [0.4, 0.5) is 30.9 Å². The number of pyridine rings is 2. The molecule has 0 spiro atoms. The van der Waals surface area contributed by atoms with Crippen LogP contribution >= 0.6 is 0 Å². The molecule has 0 bridgehead atoms. The van der Waals surface area contributed by atoms with Gasteiger partial charge in [-0.3, -0.25) is 9.97 Å². The molecule has 37 heavy (non-hydrogen) atoms. The first-order valence-corrected chi connectivity index (χ1v) is 11.7. The second kappa shape index (κ2) is 10.8. The van der Waals surface area contributed by atoms with Crippen molar-refractivity contribution >= 4 is 29.6 Å². The molecular formula is C25H28F2N8O2. The monoisotopic (exact) mass is 510 g/mol. The highest BCUT2D eigenvalue weighted by Gasteiger charge is 2.26. The maximum absolute atomic E-state index is 13.1. The first-order valence-electron chi connectivity index (χ1n) is 11.7. The van der Waals surface area contributed by atoms with Gasteiger partial charge < -0.3 is 25.3 Å². The van der Waals surface area contributed by atoms with Gasteiger partial charge in [0, 0.05) is 44.2 Å². The molecule has 3 aromatic heterocycles. The fraction of sp³-hybridized carbons (Fsp3) is 0.360. The van der Waals surface area contributed by atoms with E-state index in [0.717, 1.165) is 18.2 Å². The summed E-state index contributed by atoms with van der Waals surface area (Å²) in [7, 11) is 0. The van der Waals surface area contributed by atoms with Crippen LogP contribution in [-0.2, 0) is 4.74 Å². The molecule has 1 fully saturated rings. The van der Waals surface area contributed by atoms with Crippen molar-refractivity contribution in [3.05, 3.63) is 54.1 Å². The third kappa shape index (κ3) is 6.51. The Labute approximate surface area is 213 Å². The lowest BCUT2D eigenvalue weighted by atomic mass is 10.2. The van der Waals surface area contributed by atoms with Crippen LogP contribution in [0.2, 0.25) is 0 Å². The predicted octanol–water partition coefficient (Wildman–Crippen LogP) is 4.67. The summed E-state index contributed by atoms with van der Waals surface area (Å²) in [6.45, 7) is 7.74. The van der Waals surface area contributed by atoms with Gasteiger partial charge in [-0.1, -0.05) is 6.07 Å². The van der Waals surface area contributed by atoms with E-state index in [2.05, 4.69) is 25.2 Å². The average molecular weight is 511 g/mol. The van der Waals surface area contributed by atoms with E-state index in [1.165, 1.54) is 12.4 Å². The van der Waals surface area contributed by atoms with Crippen LogP contribution in [0.5, 0.6) is 0 Å². The van der Waals surface area contributed by atoms with Gasteiger partial charge >= 0.3 is 6.09 Å². The number of piperazine rings is 1. The smallest absolute Gasteiger partial charge is 0.410 e. The van der Waals surface area contributed by atoms with Crippen LogP contribution in [0, 0.1) is 5.41 Å². The van der Waals surface area contributed by atoms with E-state index in [-0.39, 0.29) is 11.8 Å². The van der Waals surface area contributed by atoms with Crippen molar-refractivity contribution in [3.8, 4) is 11.4 Å². The molecule has 0 unspecified atom stereocenters. The lowest BCUT2D eigenvalue weighted by Gasteiger charge is -2.36. The number of nitrogens with zero attached hydrogens (tertiary/aromatic N) is 6. The minimum atomic E-state index is -2.75. The molecule has 0 atom stereocenters. The van der Waals surface area contributed by atoms with E-state index >= 15 is 0 Å². The molecule has 0 saturated carbocycles. The normalized spacial score (nSPS) is 14.0. The topological polar surface area (TPSA) is 120 Å². The first kappa shape index (κ1) is 25.9. The van der Waals surface area contributed by atoms with Gasteiger partial charge in [0.25, 0.3) is 6.43 Å². The number of halogens is 2. The number of ether oxygens (including phenoxy) is 1. The second-order valence-electron chi connectivity index (χ2n) is 9.39. The van der Waals surface area contributed by atoms with Crippen LogP contribution < -0.4 is 10.2 Å². The molecule has 4 heterocycles. The largest absolute Gasteiger partial charge is 0.444 e. The molecule has 10 nitrogen and oxygen atoms in total. The van der Waals surface area contributed by atoms with Gasteiger partial charge in [0.05, 0.1) is 23.8 Å². The number of carbonyl (C=O) groups is 1. The van der Waals surface area contributed by atoms with Gasteiger partial charge in [-0.2, -0.15) is 0 Å². The number of rotatable bonds is 6. The molecule has 3 aromatic rings. The summed E-state index contributed by atoms with van der Waals surface area (Å²) < 4.78 is 31.6. The van der Waals surface area contributed by atoms with Gasteiger partial charge in [-0.25, -0.2) is 23.5 Å². The molecule has 1 aliphatic rings. The molecule has 0 aromatic carbocycles. The Morgan fingerprint density at radius 2 is 1.86 bits per heavy atom. The number of aromatic nitrogens is 4. The molecule has 1 amide bonds. The van der Waals surface area contributed by atoms with Crippen molar-refractivity contribution in [1.82, 2.24) is 24.8 Å². The second-order valence-corrected chi connectivity index (χ2v) is 9.39. The molecular weight excluding hydrogens is 482 g/mol. The summed E-state index contributed by atoms with van der Waals surface area (Å²) in [4.78, 5) is 32.8. The van der Waals surface area contributed by atoms with Crippen LogP contribution in [0.25, 0.3) is 11.4 Å². The van der Waals surface area contributed by atoms with E-state index in [4.69, 9.17) is 15.1 Å². The molecule has 12 heteroatoms. The highest BCUT2D eigenvalue weighted by atomic mass is 19.3. The summed E-state index contributed by atoms with van der Waals surface area (Å²) in [6, 6.07) is 7.14. The van der Waals surface area contributed by atoms with E-state index in [1.54, 1.807) is 17.0 Å². The predicted molar refractivity (Wildman–Crippen MR) is 136 cm³/mol. The Kier molecular flexibility index (Phi) is 7.55. The summed E-state index contributed by atoms with van der Waals surface area (Å²) in [6.07, 6.45) is 1.90. The van der Waals surface area contributed by atoms with Gasteiger partial charge in [0.2, 0.25) is 0 Å². The lowest BCUT2D eigenvalue weighted by Crippen LogP contribution is -2.50. The van der Waals surface area contributed by atoms with Crippen LogP contribution in [0.1, 0.15) is 38.5 Å². The third-order valence-corrected chi connectivity index (χ3v) is 5.48. The van der Waals surface area contributed by atoms with Crippen molar-refractivity contribution in [3.63, 3.8) is 0 Å². The molecule has 194 valence electrons. The Balaban J connectivity index is 1.49. The minimum Gasteiger partial charge on any atom is -0.444 e. The van der Waals surface area contributed by atoms with Crippen LogP contribution in [-0.4, -0.2) is 68.9 Å². The minimum absolute atomic E-state index is 0.196. The number of hydrogen-bond acceptors (Lipinski definition) is 9. The SMILES string of the molecule is CC(C)(C)OC(=O)N1CCN(c2cccc(Nc3cc(-c4cncc(C(F)F)n4)ncc3C=N)n2)CC1. The Morgan fingerprint density at radius 3 is 2.54 bits per heavy atom. The lowest BCUT2D eigenvalue weighted by molar-refractivity contribution is 0.0240. The highest BCUT2D eigenvalue weighted by Crippen LogP contribution is 2.26. The summed E-state index contributed by atoms with van der Waals surface area (Å²) in [5.74, 6) is 1.26. The quantitative estimate of drug-likeness (QED) is 0.459. The van der Waals surface area contributed by atoms with Crippen molar-refractivity contribution in [1.29, 1.82) is 5.41 Å².